The lowest BCUT2D eigenvalue weighted by molar-refractivity contribution is -0.128. The summed E-state index contributed by atoms with van der Waals surface area (Å²) >= 11 is 0. The summed E-state index contributed by atoms with van der Waals surface area (Å²) in [6, 6.07) is 7.89. The zero-order chi connectivity index (χ0) is 16.9. The topological polar surface area (TPSA) is 61.4 Å². The molecule has 1 aromatic rings. The van der Waals surface area contributed by atoms with Crippen molar-refractivity contribution in [3.63, 3.8) is 0 Å². The molecule has 5 nitrogen and oxygen atoms in total. The van der Waals surface area contributed by atoms with E-state index in [2.05, 4.69) is 15.5 Å². The maximum atomic E-state index is 12.1. The molecule has 0 unspecified atom stereocenters. The third-order valence-corrected chi connectivity index (χ3v) is 3.94. The van der Waals surface area contributed by atoms with Gasteiger partial charge in [0.25, 0.3) is 0 Å². The second-order valence-electron chi connectivity index (χ2n) is 7.02. The molecule has 0 aromatic heterocycles. The lowest BCUT2D eigenvalue weighted by Gasteiger charge is -2.21. The van der Waals surface area contributed by atoms with Gasteiger partial charge in [0.1, 0.15) is 0 Å². The Labute approximate surface area is 138 Å². The van der Waals surface area contributed by atoms with E-state index in [0.29, 0.717) is 6.54 Å². The number of nitrogens with zero attached hydrogens (tertiary/aromatic N) is 1. The van der Waals surface area contributed by atoms with Crippen molar-refractivity contribution in [1.29, 1.82) is 0 Å². The highest BCUT2D eigenvalue weighted by Crippen LogP contribution is 2.28. The maximum absolute atomic E-state index is 12.1. The van der Waals surface area contributed by atoms with Gasteiger partial charge in [0, 0.05) is 31.5 Å². The van der Waals surface area contributed by atoms with E-state index in [-0.39, 0.29) is 18.2 Å². The van der Waals surface area contributed by atoms with Crippen molar-refractivity contribution in [3.8, 4) is 0 Å². The molecule has 1 aliphatic rings. The maximum Gasteiger partial charge on any atom is 0.226 e. The second-order valence-corrected chi connectivity index (χ2v) is 7.02. The SMILES string of the molecule is CC(C)(C)C(=O)NCCC(=O)Nc1ccccc1N1CCCC1. The van der Waals surface area contributed by atoms with Crippen molar-refractivity contribution in [2.24, 2.45) is 5.41 Å². The van der Waals surface area contributed by atoms with Crippen molar-refractivity contribution >= 4 is 23.2 Å². The zero-order valence-corrected chi connectivity index (χ0v) is 14.3. The quantitative estimate of drug-likeness (QED) is 0.878. The molecule has 5 heteroatoms. The van der Waals surface area contributed by atoms with Crippen LogP contribution in [0.25, 0.3) is 0 Å². The predicted octanol–water partition coefficient (Wildman–Crippen LogP) is 2.78. The van der Waals surface area contributed by atoms with E-state index < -0.39 is 5.41 Å². The summed E-state index contributed by atoms with van der Waals surface area (Å²) in [4.78, 5) is 26.2. The molecule has 126 valence electrons. The molecule has 1 saturated heterocycles. The highest BCUT2D eigenvalue weighted by molar-refractivity contribution is 5.94. The van der Waals surface area contributed by atoms with Crippen LogP contribution < -0.4 is 15.5 Å². The van der Waals surface area contributed by atoms with Crippen molar-refractivity contribution in [1.82, 2.24) is 5.32 Å². The van der Waals surface area contributed by atoms with E-state index in [1.807, 2.05) is 45.0 Å². The molecule has 2 N–H and O–H groups in total. The Morgan fingerprint density at radius 2 is 1.78 bits per heavy atom. The van der Waals surface area contributed by atoms with Crippen LogP contribution in [0.2, 0.25) is 0 Å². The van der Waals surface area contributed by atoms with Gasteiger partial charge in [0.2, 0.25) is 11.8 Å². The van der Waals surface area contributed by atoms with Gasteiger partial charge in [0.05, 0.1) is 11.4 Å². The van der Waals surface area contributed by atoms with Gasteiger partial charge in [-0.1, -0.05) is 32.9 Å². The van der Waals surface area contributed by atoms with Gasteiger partial charge < -0.3 is 15.5 Å². The average molecular weight is 317 g/mol. The van der Waals surface area contributed by atoms with Crippen LogP contribution in [0.1, 0.15) is 40.0 Å². The van der Waals surface area contributed by atoms with Crippen LogP contribution in [-0.4, -0.2) is 31.4 Å². The minimum atomic E-state index is -0.432. The van der Waals surface area contributed by atoms with Crippen molar-refractivity contribution in [3.05, 3.63) is 24.3 Å². The molecule has 1 aliphatic heterocycles. The van der Waals surface area contributed by atoms with E-state index >= 15 is 0 Å². The van der Waals surface area contributed by atoms with Crippen molar-refractivity contribution in [2.75, 3.05) is 29.9 Å². The average Bonchev–Trinajstić information content (AvgIpc) is 3.00. The number of hydrogen-bond acceptors (Lipinski definition) is 3. The van der Waals surface area contributed by atoms with Crippen LogP contribution in [0.3, 0.4) is 0 Å². The van der Waals surface area contributed by atoms with Crippen LogP contribution >= 0.6 is 0 Å². The Kier molecular flexibility index (Phi) is 5.64. The Balaban J connectivity index is 1.87. The van der Waals surface area contributed by atoms with E-state index in [4.69, 9.17) is 0 Å². The number of carbonyl (C=O) groups excluding carboxylic acids is 2. The Morgan fingerprint density at radius 1 is 1.13 bits per heavy atom. The van der Waals surface area contributed by atoms with Gasteiger partial charge in [-0.2, -0.15) is 0 Å². The summed E-state index contributed by atoms with van der Waals surface area (Å²) in [6.07, 6.45) is 2.67. The number of hydrogen-bond donors (Lipinski definition) is 2. The molecule has 0 bridgehead atoms. The summed E-state index contributed by atoms with van der Waals surface area (Å²) in [5, 5.41) is 5.77. The first kappa shape index (κ1) is 17.3. The van der Waals surface area contributed by atoms with Crippen molar-refractivity contribution < 1.29 is 9.59 Å². The van der Waals surface area contributed by atoms with Crippen LogP contribution in [0.4, 0.5) is 11.4 Å². The summed E-state index contributed by atoms with van der Waals surface area (Å²) in [5.74, 6) is -0.117. The molecular weight excluding hydrogens is 290 g/mol. The molecule has 0 atom stereocenters. The summed E-state index contributed by atoms with van der Waals surface area (Å²) < 4.78 is 0. The normalized spacial score (nSPS) is 14.7. The van der Waals surface area contributed by atoms with Crippen LogP contribution in [0, 0.1) is 5.41 Å². The van der Waals surface area contributed by atoms with Gasteiger partial charge in [-0.25, -0.2) is 0 Å². The molecule has 1 aromatic carbocycles. The van der Waals surface area contributed by atoms with Crippen LogP contribution in [-0.2, 0) is 9.59 Å². The number of nitrogens with one attached hydrogen (secondary N) is 2. The fourth-order valence-electron chi connectivity index (χ4n) is 2.58. The highest BCUT2D eigenvalue weighted by atomic mass is 16.2. The molecule has 0 radical (unpaired) electrons. The van der Waals surface area contributed by atoms with Gasteiger partial charge in [-0.3, -0.25) is 9.59 Å². The largest absolute Gasteiger partial charge is 0.370 e. The number of para-hydroxylation sites is 2. The summed E-state index contributed by atoms with van der Waals surface area (Å²) in [7, 11) is 0. The first-order valence-electron chi connectivity index (χ1n) is 8.30. The van der Waals surface area contributed by atoms with E-state index in [1.165, 1.54) is 12.8 Å². The van der Waals surface area contributed by atoms with E-state index in [1.54, 1.807) is 0 Å². The third-order valence-electron chi connectivity index (χ3n) is 3.94. The Bertz CT molecular complexity index is 558. The summed E-state index contributed by atoms with van der Waals surface area (Å²) in [6.45, 7) is 7.99. The molecule has 2 amide bonds. The summed E-state index contributed by atoms with van der Waals surface area (Å²) in [5.41, 5.74) is 1.50. The second kappa shape index (κ2) is 7.49. The molecular formula is C18H27N3O2. The molecule has 0 aliphatic carbocycles. The van der Waals surface area contributed by atoms with Gasteiger partial charge in [-0.05, 0) is 25.0 Å². The predicted molar refractivity (Wildman–Crippen MR) is 93.6 cm³/mol. The number of anilines is 2. The molecule has 2 rings (SSSR count). The minimum absolute atomic E-state index is 0.0391. The number of carbonyl (C=O) groups is 2. The number of rotatable bonds is 5. The van der Waals surface area contributed by atoms with Crippen LogP contribution in [0.15, 0.2) is 24.3 Å². The zero-order valence-electron chi connectivity index (χ0n) is 14.3. The molecule has 1 fully saturated rings. The van der Waals surface area contributed by atoms with Crippen LogP contribution in [0.5, 0.6) is 0 Å². The number of benzene rings is 1. The minimum Gasteiger partial charge on any atom is -0.370 e. The lowest BCUT2D eigenvalue weighted by Crippen LogP contribution is -2.36. The third kappa shape index (κ3) is 4.98. The monoisotopic (exact) mass is 317 g/mol. The fraction of sp³-hybridized carbons (Fsp3) is 0.556. The van der Waals surface area contributed by atoms with Gasteiger partial charge in [0.15, 0.2) is 0 Å². The smallest absolute Gasteiger partial charge is 0.226 e. The Hall–Kier alpha value is -2.04. The molecule has 0 spiro atoms. The van der Waals surface area contributed by atoms with E-state index in [0.717, 1.165) is 24.5 Å². The van der Waals surface area contributed by atoms with Gasteiger partial charge in [-0.15, -0.1) is 0 Å². The lowest BCUT2D eigenvalue weighted by atomic mass is 9.96. The van der Waals surface area contributed by atoms with Gasteiger partial charge >= 0.3 is 0 Å². The first-order valence-corrected chi connectivity index (χ1v) is 8.30. The van der Waals surface area contributed by atoms with Crippen molar-refractivity contribution in [2.45, 2.75) is 40.0 Å². The first-order chi connectivity index (χ1) is 10.9. The van der Waals surface area contributed by atoms with E-state index in [9.17, 15) is 9.59 Å². The molecule has 23 heavy (non-hydrogen) atoms. The highest BCUT2D eigenvalue weighted by Gasteiger charge is 2.21. The fourth-order valence-corrected chi connectivity index (χ4v) is 2.58. The molecule has 0 saturated carbocycles. The Morgan fingerprint density at radius 3 is 2.43 bits per heavy atom. The molecule has 1 heterocycles. The number of amides is 2. The standard InChI is InChI=1S/C18H27N3O2/c1-18(2,3)17(23)19-11-10-16(22)20-14-8-4-5-9-15(14)21-12-6-7-13-21/h4-5,8-9H,6-7,10-13H2,1-3H3,(H,19,23)(H,20,22).